The van der Waals surface area contributed by atoms with Crippen LogP contribution in [0.1, 0.15) is 17.6 Å². The first-order chi connectivity index (χ1) is 7.99. The molecule has 0 fully saturated rings. The Labute approximate surface area is 95.0 Å². The number of ether oxygens (including phenoxy) is 1. The van der Waals surface area contributed by atoms with E-state index in [0.717, 1.165) is 0 Å². The number of halogens is 8. The topological polar surface area (TPSA) is 9.23 Å². The summed E-state index contributed by atoms with van der Waals surface area (Å²) >= 11 is 0. The summed E-state index contributed by atoms with van der Waals surface area (Å²) in [7, 11) is 0. The molecule has 0 unspecified atom stereocenters. The van der Waals surface area contributed by atoms with Crippen molar-refractivity contribution in [2.45, 2.75) is 19.0 Å². The van der Waals surface area contributed by atoms with Crippen LogP contribution in [-0.2, 0) is 6.18 Å². The molecule has 1 aromatic rings. The van der Waals surface area contributed by atoms with Gasteiger partial charge in [0.05, 0.1) is 5.56 Å². The molecule has 0 N–H and O–H groups in total. The maximum absolute atomic E-state index is 12.3. The molecular weight excluding hydrogens is 276 g/mol. The van der Waals surface area contributed by atoms with Crippen molar-refractivity contribution in [2.75, 3.05) is 0 Å². The number of benzene rings is 1. The Kier molecular flexibility index (Phi) is 3.72. The summed E-state index contributed by atoms with van der Waals surface area (Å²) in [6, 6.07) is 0.265. The van der Waals surface area contributed by atoms with E-state index >= 15 is 0 Å². The van der Waals surface area contributed by atoms with Gasteiger partial charge in [-0.05, 0) is 18.2 Å². The van der Waals surface area contributed by atoms with Crippen molar-refractivity contribution < 1.29 is 39.9 Å². The third kappa shape index (κ3) is 4.04. The Morgan fingerprint density at radius 1 is 0.889 bits per heavy atom. The van der Waals surface area contributed by atoms with Crippen molar-refractivity contribution >= 4 is 0 Å². The lowest BCUT2D eigenvalue weighted by Gasteiger charge is -2.14. The normalized spacial score (nSPS) is 12.9. The van der Waals surface area contributed by atoms with Crippen LogP contribution in [-0.4, -0.2) is 6.36 Å². The van der Waals surface area contributed by atoms with Gasteiger partial charge in [-0.15, -0.1) is 13.2 Å². The molecule has 0 aromatic heterocycles. The van der Waals surface area contributed by atoms with Gasteiger partial charge < -0.3 is 4.74 Å². The molecular formula is C9H4F8O. The highest BCUT2D eigenvalue weighted by Crippen LogP contribution is 2.36. The van der Waals surface area contributed by atoms with Gasteiger partial charge >= 0.3 is 12.5 Å². The molecule has 0 aliphatic rings. The largest absolute Gasteiger partial charge is 0.573 e. The first-order valence-corrected chi connectivity index (χ1v) is 4.25. The van der Waals surface area contributed by atoms with Crippen LogP contribution in [0.3, 0.4) is 0 Å². The van der Waals surface area contributed by atoms with Gasteiger partial charge in [0.15, 0.2) is 0 Å². The van der Waals surface area contributed by atoms with Crippen molar-refractivity contribution in [3.63, 3.8) is 0 Å². The zero-order chi connectivity index (χ0) is 14.1. The summed E-state index contributed by atoms with van der Waals surface area (Å²) < 4.78 is 99.9. The standard InChI is InChI=1S/C9H4F8O/c10-7(11)4-1-5(8(12,13)14)3-6(2-4)18-9(15,16)17/h1-3,7H. The monoisotopic (exact) mass is 280 g/mol. The van der Waals surface area contributed by atoms with Gasteiger partial charge in [-0.2, -0.15) is 13.2 Å². The lowest BCUT2D eigenvalue weighted by molar-refractivity contribution is -0.274. The van der Waals surface area contributed by atoms with Gasteiger partial charge in [-0.1, -0.05) is 0 Å². The summed E-state index contributed by atoms with van der Waals surface area (Å²) in [5.74, 6) is -1.34. The van der Waals surface area contributed by atoms with E-state index in [1.807, 2.05) is 0 Å². The van der Waals surface area contributed by atoms with Crippen LogP contribution in [0.5, 0.6) is 5.75 Å². The molecule has 9 heteroatoms. The summed E-state index contributed by atoms with van der Waals surface area (Å²) in [6.45, 7) is 0. The minimum Gasteiger partial charge on any atom is -0.406 e. The lowest BCUT2D eigenvalue weighted by Crippen LogP contribution is -2.18. The highest BCUT2D eigenvalue weighted by Gasteiger charge is 2.35. The molecule has 18 heavy (non-hydrogen) atoms. The molecule has 0 bridgehead atoms. The summed E-state index contributed by atoms with van der Waals surface area (Å²) in [5, 5.41) is 0. The molecule has 1 aromatic carbocycles. The van der Waals surface area contributed by atoms with Crippen LogP contribution < -0.4 is 4.74 Å². The average molecular weight is 280 g/mol. The second kappa shape index (κ2) is 4.62. The molecule has 0 saturated carbocycles. The van der Waals surface area contributed by atoms with Crippen LogP contribution in [0.25, 0.3) is 0 Å². The van der Waals surface area contributed by atoms with Crippen molar-refractivity contribution in [1.82, 2.24) is 0 Å². The molecule has 102 valence electrons. The molecule has 0 radical (unpaired) electrons. The average Bonchev–Trinajstić information content (AvgIpc) is 2.12. The fraction of sp³-hybridized carbons (Fsp3) is 0.333. The van der Waals surface area contributed by atoms with Crippen molar-refractivity contribution in [3.05, 3.63) is 29.3 Å². The van der Waals surface area contributed by atoms with Gasteiger partial charge in [0, 0.05) is 5.56 Å². The first-order valence-electron chi connectivity index (χ1n) is 4.25. The molecule has 0 saturated heterocycles. The maximum Gasteiger partial charge on any atom is 0.573 e. The Morgan fingerprint density at radius 3 is 1.83 bits per heavy atom. The van der Waals surface area contributed by atoms with Gasteiger partial charge in [-0.25, -0.2) is 8.78 Å². The Balaban J connectivity index is 3.23. The third-order valence-corrected chi connectivity index (χ3v) is 1.74. The number of rotatable bonds is 2. The molecule has 0 amide bonds. The molecule has 1 rings (SSSR count). The Morgan fingerprint density at radius 2 is 1.44 bits per heavy atom. The van der Waals surface area contributed by atoms with E-state index in [-0.39, 0.29) is 18.2 Å². The van der Waals surface area contributed by atoms with E-state index in [1.54, 1.807) is 0 Å². The minimum atomic E-state index is -5.26. The van der Waals surface area contributed by atoms with Crippen LogP contribution >= 0.6 is 0 Å². The highest BCUT2D eigenvalue weighted by molar-refractivity contribution is 5.36. The number of hydrogen-bond donors (Lipinski definition) is 0. The number of hydrogen-bond acceptors (Lipinski definition) is 1. The van der Waals surface area contributed by atoms with E-state index in [1.165, 1.54) is 0 Å². The van der Waals surface area contributed by atoms with Crippen molar-refractivity contribution in [3.8, 4) is 5.75 Å². The van der Waals surface area contributed by atoms with Crippen molar-refractivity contribution in [2.24, 2.45) is 0 Å². The molecule has 0 aliphatic carbocycles. The van der Waals surface area contributed by atoms with Gasteiger partial charge in [0.1, 0.15) is 5.75 Å². The predicted molar refractivity (Wildman–Crippen MR) is 43.1 cm³/mol. The van der Waals surface area contributed by atoms with E-state index in [4.69, 9.17) is 0 Å². The fourth-order valence-corrected chi connectivity index (χ4v) is 1.10. The minimum absolute atomic E-state index is 0.000625. The quantitative estimate of drug-likeness (QED) is 0.722. The third-order valence-electron chi connectivity index (χ3n) is 1.74. The van der Waals surface area contributed by atoms with E-state index < -0.39 is 35.8 Å². The van der Waals surface area contributed by atoms with E-state index in [9.17, 15) is 35.1 Å². The molecule has 0 spiro atoms. The SMILES string of the molecule is FC(F)c1cc(OC(F)(F)F)cc(C(F)(F)F)c1. The number of alkyl halides is 8. The maximum atomic E-state index is 12.3. The molecule has 0 aliphatic heterocycles. The van der Waals surface area contributed by atoms with Crippen LogP contribution in [0, 0.1) is 0 Å². The Bertz CT molecular complexity index is 420. The Hall–Kier alpha value is -1.54. The zero-order valence-electron chi connectivity index (χ0n) is 8.24. The lowest BCUT2D eigenvalue weighted by atomic mass is 10.1. The van der Waals surface area contributed by atoms with Gasteiger partial charge in [0.25, 0.3) is 6.43 Å². The van der Waals surface area contributed by atoms with Gasteiger partial charge in [0.2, 0.25) is 0 Å². The molecule has 1 nitrogen and oxygen atoms in total. The fourth-order valence-electron chi connectivity index (χ4n) is 1.10. The van der Waals surface area contributed by atoms with Crippen molar-refractivity contribution in [1.29, 1.82) is 0 Å². The van der Waals surface area contributed by atoms with Crippen LogP contribution in [0.4, 0.5) is 35.1 Å². The smallest absolute Gasteiger partial charge is 0.406 e. The summed E-state index contributed by atoms with van der Waals surface area (Å²) in [4.78, 5) is 0. The molecule has 0 atom stereocenters. The second-order valence-corrected chi connectivity index (χ2v) is 3.14. The second-order valence-electron chi connectivity index (χ2n) is 3.14. The zero-order valence-corrected chi connectivity index (χ0v) is 8.24. The van der Waals surface area contributed by atoms with Gasteiger partial charge in [-0.3, -0.25) is 0 Å². The first kappa shape index (κ1) is 14.5. The highest BCUT2D eigenvalue weighted by atomic mass is 19.4. The van der Waals surface area contributed by atoms with E-state index in [2.05, 4.69) is 4.74 Å². The predicted octanol–water partition coefficient (Wildman–Crippen LogP) is 4.54. The van der Waals surface area contributed by atoms with Crippen LogP contribution in [0.2, 0.25) is 0 Å². The van der Waals surface area contributed by atoms with E-state index in [0.29, 0.717) is 0 Å². The summed E-state index contributed by atoms with van der Waals surface area (Å²) in [6.07, 6.45) is -13.7. The van der Waals surface area contributed by atoms with Crippen LogP contribution in [0.15, 0.2) is 18.2 Å². The molecule has 0 heterocycles. The summed E-state index contributed by atoms with van der Waals surface area (Å²) in [5.41, 5.74) is -2.84.